The minimum absolute atomic E-state index is 0.376. The fourth-order valence-corrected chi connectivity index (χ4v) is 2.33. The highest BCUT2D eigenvalue weighted by atomic mass is 35.5. The highest BCUT2D eigenvalue weighted by Crippen LogP contribution is 2.24. The number of benzene rings is 2. The lowest BCUT2D eigenvalue weighted by Gasteiger charge is -2.09. The van der Waals surface area contributed by atoms with Gasteiger partial charge in [0.1, 0.15) is 11.6 Å². The second-order valence-corrected chi connectivity index (χ2v) is 5.10. The van der Waals surface area contributed by atoms with Crippen LogP contribution >= 0.6 is 11.6 Å². The predicted octanol–water partition coefficient (Wildman–Crippen LogP) is 3.29. The summed E-state index contributed by atoms with van der Waals surface area (Å²) in [6, 6.07) is 17.0. The fourth-order valence-electron chi connectivity index (χ4n) is 2.13. The molecule has 1 N–H and O–H groups in total. The van der Waals surface area contributed by atoms with Crippen LogP contribution in [0, 0.1) is 0 Å². The molecule has 0 saturated carbocycles. The molecule has 0 aliphatic heterocycles. The molecule has 1 unspecified atom stereocenters. The number of fused-ring (bicyclic) bond motifs is 1. The van der Waals surface area contributed by atoms with Gasteiger partial charge >= 0.3 is 0 Å². The van der Waals surface area contributed by atoms with E-state index in [1.807, 2.05) is 54.6 Å². The molecule has 2 aromatic carbocycles. The van der Waals surface area contributed by atoms with Crippen molar-refractivity contribution in [1.29, 1.82) is 0 Å². The molecule has 106 valence electrons. The minimum Gasteiger partial charge on any atom is -0.383 e. The van der Waals surface area contributed by atoms with Crippen LogP contribution in [0.15, 0.2) is 65.7 Å². The molecule has 0 amide bonds. The summed E-state index contributed by atoms with van der Waals surface area (Å²) in [7, 11) is 0. The summed E-state index contributed by atoms with van der Waals surface area (Å²) in [5.41, 5.74) is 2.54. The lowest BCUT2D eigenvalue weighted by molar-refractivity contribution is 0.223. The van der Waals surface area contributed by atoms with Crippen molar-refractivity contribution >= 4 is 22.6 Å². The van der Waals surface area contributed by atoms with E-state index in [0.29, 0.717) is 11.6 Å². The lowest BCUT2D eigenvalue weighted by atomic mass is 10.1. The monoisotopic (exact) mass is 299 g/mol. The van der Waals surface area contributed by atoms with Crippen LogP contribution in [0.2, 0.25) is 0 Å². The number of nitrogens with zero attached hydrogens (tertiary/aromatic N) is 3. The molecule has 1 heterocycles. The van der Waals surface area contributed by atoms with E-state index in [2.05, 4.69) is 10.3 Å². The molecule has 0 bridgehead atoms. The summed E-state index contributed by atoms with van der Waals surface area (Å²) >= 11 is 6.18. The van der Waals surface area contributed by atoms with Crippen molar-refractivity contribution in [2.75, 3.05) is 0 Å². The Hall–Kier alpha value is -2.17. The van der Waals surface area contributed by atoms with Crippen LogP contribution in [0.3, 0.4) is 0 Å². The maximum atomic E-state index is 10.2. The standard InChI is InChI=1S/C16H14ClN3O/c17-13(16(21)12-6-2-1-3-7-12)10-11-20-15-9-5-4-8-14(15)18-19-20/h1-10,16,21H,11H2. The SMILES string of the molecule is OC(C(Cl)=CCn1nnc2ccccc21)c1ccccc1. The Morgan fingerprint density at radius 3 is 2.67 bits per heavy atom. The second kappa shape index (κ2) is 6.08. The van der Waals surface area contributed by atoms with Gasteiger partial charge in [-0.2, -0.15) is 0 Å². The molecule has 1 aromatic heterocycles. The predicted molar refractivity (Wildman–Crippen MR) is 82.9 cm³/mol. The average molecular weight is 300 g/mol. The quantitative estimate of drug-likeness (QED) is 0.804. The van der Waals surface area contributed by atoms with Crippen molar-refractivity contribution in [1.82, 2.24) is 15.0 Å². The second-order valence-electron chi connectivity index (χ2n) is 4.66. The first kappa shape index (κ1) is 13.8. The summed E-state index contributed by atoms with van der Waals surface area (Å²) in [5, 5.41) is 18.7. The molecular formula is C16H14ClN3O. The number of allylic oxidation sites excluding steroid dienone is 1. The molecule has 0 radical (unpaired) electrons. The van der Waals surface area contributed by atoms with Gasteiger partial charge in [0.2, 0.25) is 0 Å². The third-order valence-electron chi connectivity index (χ3n) is 3.26. The first-order chi connectivity index (χ1) is 10.3. The van der Waals surface area contributed by atoms with Gasteiger partial charge in [0, 0.05) is 5.03 Å². The molecule has 3 rings (SSSR count). The van der Waals surface area contributed by atoms with Crippen LogP contribution in [-0.4, -0.2) is 20.1 Å². The molecule has 0 aliphatic carbocycles. The molecule has 0 aliphatic rings. The number of halogens is 1. The molecule has 4 nitrogen and oxygen atoms in total. The Bertz CT molecular complexity index is 767. The van der Waals surface area contributed by atoms with Gasteiger partial charge in [-0.15, -0.1) is 5.10 Å². The number of para-hydroxylation sites is 1. The van der Waals surface area contributed by atoms with Gasteiger partial charge in [-0.25, -0.2) is 4.68 Å². The Kier molecular flexibility index (Phi) is 3.99. The highest BCUT2D eigenvalue weighted by Gasteiger charge is 2.11. The maximum absolute atomic E-state index is 10.2. The van der Waals surface area contributed by atoms with E-state index in [9.17, 15) is 5.11 Å². The summed E-state index contributed by atoms with van der Waals surface area (Å²) in [6.07, 6.45) is 0.933. The first-order valence-corrected chi connectivity index (χ1v) is 7.00. The Morgan fingerprint density at radius 1 is 1.14 bits per heavy atom. The van der Waals surface area contributed by atoms with Crippen molar-refractivity contribution in [3.8, 4) is 0 Å². The Balaban J connectivity index is 1.79. The van der Waals surface area contributed by atoms with E-state index >= 15 is 0 Å². The fraction of sp³-hybridized carbons (Fsp3) is 0.125. The van der Waals surface area contributed by atoms with E-state index in [1.165, 1.54) is 0 Å². The zero-order valence-corrected chi connectivity index (χ0v) is 12.0. The number of aromatic nitrogens is 3. The van der Waals surface area contributed by atoms with Crippen LogP contribution in [0.1, 0.15) is 11.7 Å². The van der Waals surface area contributed by atoms with Crippen LogP contribution in [0.4, 0.5) is 0 Å². The molecule has 0 saturated heterocycles. The summed E-state index contributed by atoms with van der Waals surface area (Å²) in [5.74, 6) is 0. The van der Waals surface area contributed by atoms with Crippen molar-refractivity contribution in [3.05, 3.63) is 71.3 Å². The third-order valence-corrected chi connectivity index (χ3v) is 3.62. The molecule has 3 aromatic rings. The van der Waals surface area contributed by atoms with Gasteiger partial charge in [-0.05, 0) is 23.8 Å². The Morgan fingerprint density at radius 2 is 1.86 bits per heavy atom. The van der Waals surface area contributed by atoms with Gasteiger partial charge in [0.05, 0.1) is 12.1 Å². The largest absolute Gasteiger partial charge is 0.383 e. The van der Waals surface area contributed by atoms with E-state index in [-0.39, 0.29) is 0 Å². The van der Waals surface area contributed by atoms with E-state index in [1.54, 1.807) is 10.8 Å². The highest BCUT2D eigenvalue weighted by molar-refractivity contribution is 6.30. The van der Waals surface area contributed by atoms with Crippen LogP contribution in [-0.2, 0) is 6.54 Å². The Labute approximate surface area is 127 Å². The zero-order chi connectivity index (χ0) is 14.7. The molecule has 1 atom stereocenters. The van der Waals surface area contributed by atoms with E-state index in [4.69, 9.17) is 11.6 Å². The average Bonchev–Trinajstić information content (AvgIpc) is 2.96. The van der Waals surface area contributed by atoms with Crippen molar-refractivity contribution < 1.29 is 5.11 Å². The molecular weight excluding hydrogens is 286 g/mol. The molecule has 21 heavy (non-hydrogen) atoms. The first-order valence-electron chi connectivity index (χ1n) is 6.62. The number of hydrogen-bond donors (Lipinski definition) is 1. The maximum Gasteiger partial charge on any atom is 0.114 e. The normalized spacial score (nSPS) is 13.5. The summed E-state index contributed by atoms with van der Waals surface area (Å²) in [6.45, 7) is 0.462. The molecule has 5 heteroatoms. The van der Waals surface area contributed by atoms with E-state index in [0.717, 1.165) is 16.6 Å². The van der Waals surface area contributed by atoms with Gasteiger partial charge in [-0.1, -0.05) is 59.3 Å². The van der Waals surface area contributed by atoms with Crippen molar-refractivity contribution in [2.24, 2.45) is 0 Å². The number of hydrogen-bond acceptors (Lipinski definition) is 3. The summed E-state index contributed by atoms with van der Waals surface area (Å²) in [4.78, 5) is 0. The van der Waals surface area contributed by atoms with Crippen LogP contribution in [0.5, 0.6) is 0 Å². The van der Waals surface area contributed by atoms with Crippen LogP contribution in [0.25, 0.3) is 11.0 Å². The smallest absolute Gasteiger partial charge is 0.114 e. The minimum atomic E-state index is -0.817. The number of rotatable bonds is 4. The number of aliphatic hydroxyl groups excluding tert-OH is 1. The van der Waals surface area contributed by atoms with Gasteiger partial charge < -0.3 is 5.11 Å². The molecule has 0 spiro atoms. The third kappa shape index (κ3) is 2.96. The van der Waals surface area contributed by atoms with Gasteiger partial charge in [0.15, 0.2) is 0 Å². The van der Waals surface area contributed by atoms with Crippen molar-refractivity contribution in [3.63, 3.8) is 0 Å². The van der Waals surface area contributed by atoms with Gasteiger partial charge in [-0.3, -0.25) is 0 Å². The zero-order valence-electron chi connectivity index (χ0n) is 11.2. The van der Waals surface area contributed by atoms with Gasteiger partial charge in [0.25, 0.3) is 0 Å². The van der Waals surface area contributed by atoms with Crippen molar-refractivity contribution in [2.45, 2.75) is 12.6 Å². The molecule has 0 fully saturated rings. The van der Waals surface area contributed by atoms with Crippen LogP contribution < -0.4 is 0 Å². The topological polar surface area (TPSA) is 50.9 Å². The van der Waals surface area contributed by atoms with E-state index < -0.39 is 6.10 Å². The number of aliphatic hydroxyl groups is 1. The lowest BCUT2D eigenvalue weighted by Crippen LogP contribution is -2.01. The summed E-state index contributed by atoms with van der Waals surface area (Å²) < 4.78 is 1.75.